The maximum Gasteiger partial charge on any atom is 0.140 e. The van der Waals surface area contributed by atoms with Gasteiger partial charge >= 0.3 is 0 Å². The molecule has 0 radical (unpaired) electrons. The lowest BCUT2D eigenvalue weighted by Crippen LogP contribution is -1.84. The summed E-state index contributed by atoms with van der Waals surface area (Å²) in [4.78, 5) is 12.1. The first kappa shape index (κ1) is 17.7. The maximum atomic E-state index is 5.10. The highest BCUT2D eigenvalue weighted by atomic mass is 127. The minimum atomic E-state index is 0.906. The number of aromatic amines is 2. The summed E-state index contributed by atoms with van der Waals surface area (Å²) in [6.07, 6.45) is 2.06. The standard InChI is InChI=1S/C24H15I2N3/c1-12-2-7-21-17(8-12)20(11-27-21)24-28-22-18-9-13(25)3-5-15(18)16-6-4-14(26)10-19(16)23(22)29-24/h2-11,27H,1H3,(H,28,29). The van der Waals surface area contributed by atoms with Crippen LogP contribution >= 0.6 is 45.2 Å². The minimum Gasteiger partial charge on any atom is -0.360 e. The van der Waals surface area contributed by atoms with Crippen molar-refractivity contribution in [3.8, 4) is 11.4 Å². The molecule has 5 heteroatoms. The van der Waals surface area contributed by atoms with Crippen LogP contribution in [-0.2, 0) is 0 Å². The Morgan fingerprint density at radius 2 is 1.48 bits per heavy atom. The van der Waals surface area contributed by atoms with E-state index in [1.165, 1.54) is 39.6 Å². The van der Waals surface area contributed by atoms with Gasteiger partial charge in [-0.15, -0.1) is 0 Å². The molecule has 0 amide bonds. The molecule has 0 saturated heterocycles. The zero-order chi connectivity index (χ0) is 19.7. The molecule has 0 bridgehead atoms. The first-order valence-electron chi connectivity index (χ1n) is 9.37. The summed E-state index contributed by atoms with van der Waals surface area (Å²) < 4.78 is 2.44. The molecule has 0 atom stereocenters. The van der Waals surface area contributed by atoms with E-state index < -0.39 is 0 Å². The van der Waals surface area contributed by atoms with Crippen LogP contribution < -0.4 is 0 Å². The van der Waals surface area contributed by atoms with Crippen LogP contribution in [0.25, 0.3) is 54.9 Å². The predicted octanol–water partition coefficient (Wildman–Crippen LogP) is 7.54. The fraction of sp³-hybridized carbons (Fsp3) is 0.0417. The molecular formula is C24H15I2N3. The number of benzene rings is 4. The number of rotatable bonds is 1. The van der Waals surface area contributed by atoms with Crippen LogP contribution in [0.3, 0.4) is 0 Å². The Kier molecular flexibility index (Phi) is 3.93. The van der Waals surface area contributed by atoms with Crippen molar-refractivity contribution in [2.45, 2.75) is 6.92 Å². The first-order valence-corrected chi connectivity index (χ1v) is 11.5. The number of hydrogen-bond donors (Lipinski definition) is 2. The molecule has 2 heterocycles. The van der Waals surface area contributed by atoms with Crippen LogP contribution in [0.5, 0.6) is 0 Å². The lowest BCUT2D eigenvalue weighted by atomic mass is 10.0. The largest absolute Gasteiger partial charge is 0.360 e. The van der Waals surface area contributed by atoms with Gasteiger partial charge in [0.25, 0.3) is 0 Å². The van der Waals surface area contributed by atoms with Gasteiger partial charge in [-0.05, 0) is 99.3 Å². The van der Waals surface area contributed by atoms with Crippen molar-refractivity contribution in [3.63, 3.8) is 0 Å². The van der Waals surface area contributed by atoms with Crippen LogP contribution in [0.1, 0.15) is 5.56 Å². The molecule has 0 aliphatic rings. The van der Waals surface area contributed by atoms with Crippen LogP contribution in [0.15, 0.2) is 60.8 Å². The second-order valence-corrected chi connectivity index (χ2v) is 9.93. The molecule has 0 spiro atoms. The zero-order valence-electron chi connectivity index (χ0n) is 15.5. The number of halogens is 2. The number of nitrogens with zero attached hydrogens (tertiary/aromatic N) is 1. The normalized spacial score (nSPS) is 12.0. The summed E-state index contributed by atoms with van der Waals surface area (Å²) in [5.74, 6) is 0.906. The Balaban J connectivity index is 1.77. The smallest absolute Gasteiger partial charge is 0.140 e. The van der Waals surface area contributed by atoms with E-state index in [0.29, 0.717) is 0 Å². The molecule has 0 unspecified atom stereocenters. The highest BCUT2D eigenvalue weighted by Crippen LogP contribution is 2.37. The Bertz CT molecular complexity index is 1510. The van der Waals surface area contributed by atoms with E-state index in [-0.39, 0.29) is 0 Å². The second kappa shape index (κ2) is 6.43. The molecule has 0 saturated carbocycles. The third kappa shape index (κ3) is 2.70. The summed E-state index contributed by atoms with van der Waals surface area (Å²) in [6.45, 7) is 2.12. The Morgan fingerprint density at radius 3 is 2.28 bits per heavy atom. The first-order chi connectivity index (χ1) is 14.1. The van der Waals surface area contributed by atoms with Gasteiger partial charge in [0.15, 0.2) is 0 Å². The van der Waals surface area contributed by atoms with Gasteiger partial charge < -0.3 is 9.97 Å². The maximum absolute atomic E-state index is 5.10. The van der Waals surface area contributed by atoms with E-state index >= 15 is 0 Å². The second-order valence-electron chi connectivity index (χ2n) is 7.44. The number of nitrogens with one attached hydrogen (secondary N) is 2. The topological polar surface area (TPSA) is 44.5 Å². The van der Waals surface area contributed by atoms with Crippen LogP contribution in [-0.4, -0.2) is 15.0 Å². The SMILES string of the molecule is Cc1ccc2[nH]cc(-c3nc4c5cc(I)ccc5c5ccc(I)cc5c4[nH]3)c2c1. The number of aryl methyl sites for hydroxylation is 1. The molecule has 140 valence electrons. The van der Waals surface area contributed by atoms with Crippen molar-refractivity contribution in [2.24, 2.45) is 0 Å². The van der Waals surface area contributed by atoms with Gasteiger partial charge in [0.1, 0.15) is 5.82 Å². The number of H-pyrrole nitrogens is 2. The van der Waals surface area contributed by atoms with Crippen molar-refractivity contribution < 1.29 is 0 Å². The van der Waals surface area contributed by atoms with E-state index in [0.717, 1.165) is 27.9 Å². The van der Waals surface area contributed by atoms with Gasteiger partial charge in [0.2, 0.25) is 0 Å². The summed E-state index contributed by atoms with van der Waals surface area (Å²) in [6, 6.07) is 19.7. The fourth-order valence-corrected chi connectivity index (χ4v) is 5.21. The Hall–Kier alpha value is -2.13. The molecule has 29 heavy (non-hydrogen) atoms. The third-order valence-electron chi connectivity index (χ3n) is 5.57. The molecule has 0 aliphatic heterocycles. The van der Waals surface area contributed by atoms with E-state index in [4.69, 9.17) is 4.98 Å². The van der Waals surface area contributed by atoms with E-state index in [1.54, 1.807) is 0 Å². The lowest BCUT2D eigenvalue weighted by molar-refractivity contribution is 1.34. The van der Waals surface area contributed by atoms with Gasteiger partial charge in [0, 0.05) is 40.6 Å². The van der Waals surface area contributed by atoms with E-state index in [9.17, 15) is 0 Å². The third-order valence-corrected chi connectivity index (χ3v) is 6.92. The molecule has 3 nitrogen and oxygen atoms in total. The van der Waals surface area contributed by atoms with Crippen molar-refractivity contribution in [2.75, 3.05) is 0 Å². The predicted molar refractivity (Wildman–Crippen MR) is 139 cm³/mol. The number of aromatic nitrogens is 3. The average Bonchev–Trinajstić information content (AvgIpc) is 3.32. The van der Waals surface area contributed by atoms with Crippen molar-refractivity contribution in [1.82, 2.24) is 15.0 Å². The van der Waals surface area contributed by atoms with E-state index in [2.05, 4.69) is 123 Å². The van der Waals surface area contributed by atoms with Crippen LogP contribution in [0.4, 0.5) is 0 Å². The Morgan fingerprint density at radius 1 is 0.759 bits per heavy atom. The molecular weight excluding hydrogens is 584 g/mol. The monoisotopic (exact) mass is 599 g/mol. The number of fused-ring (bicyclic) bond motifs is 7. The molecule has 0 fully saturated rings. The summed E-state index contributed by atoms with van der Waals surface area (Å²) >= 11 is 4.76. The summed E-state index contributed by atoms with van der Waals surface area (Å²) in [7, 11) is 0. The van der Waals surface area contributed by atoms with Gasteiger partial charge in [0.05, 0.1) is 11.0 Å². The van der Waals surface area contributed by atoms with E-state index in [1.807, 2.05) is 0 Å². The molecule has 6 rings (SSSR count). The zero-order valence-corrected chi connectivity index (χ0v) is 19.8. The lowest BCUT2D eigenvalue weighted by Gasteiger charge is -2.07. The molecule has 0 aliphatic carbocycles. The highest BCUT2D eigenvalue weighted by molar-refractivity contribution is 14.1. The van der Waals surface area contributed by atoms with Gasteiger partial charge in [-0.25, -0.2) is 4.98 Å². The summed E-state index contributed by atoms with van der Waals surface area (Å²) in [5.41, 5.74) is 5.62. The van der Waals surface area contributed by atoms with Gasteiger partial charge in [-0.1, -0.05) is 23.8 Å². The van der Waals surface area contributed by atoms with Gasteiger partial charge in [-0.3, -0.25) is 0 Å². The quantitative estimate of drug-likeness (QED) is 0.149. The van der Waals surface area contributed by atoms with Gasteiger partial charge in [-0.2, -0.15) is 0 Å². The van der Waals surface area contributed by atoms with Crippen molar-refractivity contribution >= 4 is 88.7 Å². The van der Waals surface area contributed by atoms with Crippen LogP contribution in [0.2, 0.25) is 0 Å². The molecule has 2 N–H and O–H groups in total. The molecule has 6 aromatic rings. The molecule has 4 aromatic carbocycles. The van der Waals surface area contributed by atoms with Crippen molar-refractivity contribution in [1.29, 1.82) is 0 Å². The summed E-state index contributed by atoms with van der Waals surface area (Å²) in [5, 5.41) is 6.11. The average molecular weight is 599 g/mol. The minimum absolute atomic E-state index is 0.906. The number of imidazole rings is 1. The number of hydrogen-bond acceptors (Lipinski definition) is 1. The Labute approximate surface area is 194 Å². The van der Waals surface area contributed by atoms with Crippen molar-refractivity contribution in [3.05, 3.63) is 73.5 Å². The highest BCUT2D eigenvalue weighted by Gasteiger charge is 2.16. The van der Waals surface area contributed by atoms with Crippen LogP contribution in [0, 0.1) is 14.1 Å². The fourth-order valence-electron chi connectivity index (χ4n) is 4.23. The molecule has 2 aromatic heterocycles.